The van der Waals surface area contributed by atoms with Gasteiger partial charge in [0, 0.05) is 7.11 Å². The summed E-state index contributed by atoms with van der Waals surface area (Å²) in [4.78, 5) is 23.1. The summed E-state index contributed by atoms with van der Waals surface area (Å²) in [7, 11) is 1.60. The zero-order valence-corrected chi connectivity index (χ0v) is 11.1. The van der Waals surface area contributed by atoms with Crippen LogP contribution in [0.3, 0.4) is 0 Å². The van der Waals surface area contributed by atoms with Gasteiger partial charge >= 0.3 is 5.97 Å². The van der Waals surface area contributed by atoms with Gasteiger partial charge in [-0.1, -0.05) is 19.8 Å². The molecule has 1 rings (SSSR count). The van der Waals surface area contributed by atoms with Crippen LogP contribution in [0.4, 0.5) is 0 Å². The summed E-state index contributed by atoms with van der Waals surface area (Å²) < 4.78 is 5.06. The number of hydrogen-bond donors (Lipinski definition) is 2. The van der Waals surface area contributed by atoms with Crippen molar-refractivity contribution in [2.24, 2.45) is 11.8 Å². The molecule has 1 fully saturated rings. The molecule has 18 heavy (non-hydrogen) atoms. The van der Waals surface area contributed by atoms with Crippen molar-refractivity contribution in [2.75, 3.05) is 13.7 Å². The molecule has 5 heteroatoms. The van der Waals surface area contributed by atoms with Gasteiger partial charge in [0.2, 0.25) is 5.91 Å². The SMILES string of the molecule is CCCC(COC)NC(=O)C1CCCC1C(=O)O. The van der Waals surface area contributed by atoms with E-state index in [2.05, 4.69) is 5.32 Å². The van der Waals surface area contributed by atoms with E-state index in [9.17, 15) is 9.59 Å². The van der Waals surface area contributed by atoms with Gasteiger partial charge < -0.3 is 15.2 Å². The second-order valence-corrected chi connectivity index (χ2v) is 4.93. The van der Waals surface area contributed by atoms with E-state index in [1.54, 1.807) is 7.11 Å². The number of carbonyl (C=O) groups excluding carboxylic acids is 1. The zero-order chi connectivity index (χ0) is 13.5. The van der Waals surface area contributed by atoms with Crippen molar-refractivity contribution in [3.05, 3.63) is 0 Å². The Morgan fingerprint density at radius 2 is 2.06 bits per heavy atom. The summed E-state index contributed by atoms with van der Waals surface area (Å²) in [5.41, 5.74) is 0. The van der Waals surface area contributed by atoms with E-state index in [-0.39, 0.29) is 17.9 Å². The van der Waals surface area contributed by atoms with Gasteiger partial charge in [-0.3, -0.25) is 9.59 Å². The van der Waals surface area contributed by atoms with Gasteiger partial charge in [0.05, 0.1) is 24.5 Å². The summed E-state index contributed by atoms with van der Waals surface area (Å²) in [6.07, 6.45) is 3.91. The molecular weight excluding hydrogens is 234 g/mol. The summed E-state index contributed by atoms with van der Waals surface area (Å²) in [6.45, 7) is 2.52. The van der Waals surface area contributed by atoms with Crippen LogP contribution < -0.4 is 5.32 Å². The number of methoxy groups -OCH3 is 1. The van der Waals surface area contributed by atoms with Gasteiger partial charge in [-0.05, 0) is 19.3 Å². The predicted molar refractivity (Wildman–Crippen MR) is 67.2 cm³/mol. The van der Waals surface area contributed by atoms with Crippen LogP contribution in [0.15, 0.2) is 0 Å². The molecule has 1 amide bonds. The van der Waals surface area contributed by atoms with E-state index < -0.39 is 11.9 Å². The minimum absolute atomic E-state index is 0.0115. The van der Waals surface area contributed by atoms with E-state index in [1.807, 2.05) is 6.92 Å². The Hall–Kier alpha value is -1.10. The second-order valence-electron chi connectivity index (χ2n) is 4.93. The van der Waals surface area contributed by atoms with Crippen molar-refractivity contribution < 1.29 is 19.4 Å². The van der Waals surface area contributed by atoms with Crippen LogP contribution in [0.5, 0.6) is 0 Å². The van der Waals surface area contributed by atoms with Crippen molar-refractivity contribution >= 4 is 11.9 Å². The fraction of sp³-hybridized carbons (Fsp3) is 0.846. The van der Waals surface area contributed by atoms with Crippen molar-refractivity contribution in [1.29, 1.82) is 0 Å². The topological polar surface area (TPSA) is 75.6 Å². The van der Waals surface area contributed by atoms with Crippen LogP contribution in [0.1, 0.15) is 39.0 Å². The van der Waals surface area contributed by atoms with E-state index >= 15 is 0 Å². The third kappa shape index (κ3) is 3.98. The fourth-order valence-corrected chi connectivity index (χ4v) is 2.62. The molecule has 0 aromatic heterocycles. The Morgan fingerprint density at radius 1 is 1.39 bits per heavy atom. The van der Waals surface area contributed by atoms with Gasteiger partial charge in [-0.25, -0.2) is 0 Å². The van der Waals surface area contributed by atoms with E-state index in [0.29, 0.717) is 19.4 Å². The molecule has 3 atom stereocenters. The molecule has 1 aliphatic carbocycles. The number of nitrogens with one attached hydrogen (secondary N) is 1. The molecule has 0 aliphatic heterocycles. The number of ether oxygens (including phenoxy) is 1. The number of carboxylic acid groups (broad SMARTS) is 1. The lowest BCUT2D eigenvalue weighted by atomic mass is 9.95. The number of aliphatic carboxylic acids is 1. The van der Waals surface area contributed by atoms with Gasteiger partial charge in [-0.2, -0.15) is 0 Å². The highest BCUT2D eigenvalue weighted by atomic mass is 16.5. The number of carboxylic acids is 1. The third-order valence-corrected chi connectivity index (χ3v) is 3.52. The molecule has 0 saturated heterocycles. The first kappa shape index (κ1) is 15.0. The first-order valence-corrected chi connectivity index (χ1v) is 6.62. The average Bonchev–Trinajstić information content (AvgIpc) is 2.78. The molecule has 1 saturated carbocycles. The van der Waals surface area contributed by atoms with Crippen molar-refractivity contribution in [1.82, 2.24) is 5.32 Å². The first-order chi connectivity index (χ1) is 8.60. The normalized spacial score (nSPS) is 24.8. The molecule has 2 N–H and O–H groups in total. The van der Waals surface area contributed by atoms with Crippen LogP contribution in [0.2, 0.25) is 0 Å². The molecule has 0 heterocycles. The number of carbonyl (C=O) groups is 2. The molecule has 0 aromatic rings. The van der Waals surface area contributed by atoms with E-state index in [4.69, 9.17) is 9.84 Å². The van der Waals surface area contributed by atoms with Gasteiger partial charge in [-0.15, -0.1) is 0 Å². The Balaban J connectivity index is 2.54. The molecule has 0 radical (unpaired) electrons. The molecule has 3 unspecified atom stereocenters. The molecule has 5 nitrogen and oxygen atoms in total. The highest BCUT2D eigenvalue weighted by Gasteiger charge is 2.38. The lowest BCUT2D eigenvalue weighted by Crippen LogP contribution is -2.43. The van der Waals surface area contributed by atoms with E-state index in [0.717, 1.165) is 19.3 Å². The fourth-order valence-electron chi connectivity index (χ4n) is 2.62. The van der Waals surface area contributed by atoms with E-state index in [1.165, 1.54) is 0 Å². The lowest BCUT2D eigenvalue weighted by molar-refractivity contribution is -0.146. The monoisotopic (exact) mass is 257 g/mol. The number of hydrogen-bond acceptors (Lipinski definition) is 3. The summed E-state index contributed by atoms with van der Waals surface area (Å²) >= 11 is 0. The van der Waals surface area contributed by atoms with Crippen LogP contribution in [-0.4, -0.2) is 36.7 Å². The maximum atomic E-state index is 12.1. The van der Waals surface area contributed by atoms with Crippen molar-refractivity contribution in [3.63, 3.8) is 0 Å². The Bertz CT molecular complexity index is 287. The summed E-state index contributed by atoms with van der Waals surface area (Å²) in [6, 6.07) is -0.0115. The molecule has 0 bridgehead atoms. The van der Waals surface area contributed by atoms with Crippen LogP contribution in [0.25, 0.3) is 0 Å². The Labute approximate surface area is 108 Å². The van der Waals surface area contributed by atoms with Gasteiger partial charge in [0.25, 0.3) is 0 Å². The maximum absolute atomic E-state index is 12.1. The molecule has 1 aliphatic rings. The Kier molecular flexibility index (Phi) is 6.12. The minimum atomic E-state index is -0.855. The first-order valence-electron chi connectivity index (χ1n) is 6.62. The molecular formula is C13H23NO4. The highest BCUT2D eigenvalue weighted by Crippen LogP contribution is 2.32. The van der Waals surface area contributed by atoms with Gasteiger partial charge in [0.15, 0.2) is 0 Å². The average molecular weight is 257 g/mol. The van der Waals surface area contributed by atoms with Gasteiger partial charge in [0.1, 0.15) is 0 Å². The standard InChI is InChI=1S/C13H23NO4/c1-3-5-9(8-18-2)14-12(15)10-6-4-7-11(10)13(16)17/h9-11H,3-8H2,1-2H3,(H,14,15)(H,16,17). The smallest absolute Gasteiger partial charge is 0.307 e. The zero-order valence-electron chi connectivity index (χ0n) is 11.1. The van der Waals surface area contributed by atoms with Crippen molar-refractivity contribution in [3.8, 4) is 0 Å². The summed E-state index contributed by atoms with van der Waals surface area (Å²) in [5.74, 6) is -1.88. The quantitative estimate of drug-likeness (QED) is 0.723. The molecule has 0 aromatic carbocycles. The number of rotatable bonds is 7. The summed E-state index contributed by atoms with van der Waals surface area (Å²) in [5, 5.41) is 12.0. The Morgan fingerprint density at radius 3 is 2.61 bits per heavy atom. The predicted octanol–water partition coefficient (Wildman–Crippen LogP) is 1.42. The maximum Gasteiger partial charge on any atom is 0.307 e. The number of amides is 1. The largest absolute Gasteiger partial charge is 0.481 e. The third-order valence-electron chi connectivity index (χ3n) is 3.52. The lowest BCUT2D eigenvalue weighted by Gasteiger charge is -2.21. The van der Waals surface area contributed by atoms with Crippen LogP contribution >= 0.6 is 0 Å². The van der Waals surface area contributed by atoms with Crippen molar-refractivity contribution in [2.45, 2.75) is 45.1 Å². The second kappa shape index (κ2) is 7.36. The molecule has 0 spiro atoms. The van der Waals surface area contributed by atoms with Crippen LogP contribution in [-0.2, 0) is 14.3 Å². The van der Waals surface area contributed by atoms with Crippen LogP contribution in [0, 0.1) is 11.8 Å². The minimum Gasteiger partial charge on any atom is -0.481 e. The highest BCUT2D eigenvalue weighted by molar-refractivity contribution is 5.85. The molecule has 104 valence electrons.